The molecule has 19 heavy (non-hydrogen) atoms. The summed E-state index contributed by atoms with van der Waals surface area (Å²) in [7, 11) is 0. The van der Waals surface area contributed by atoms with E-state index in [1.54, 1.807) is 0 Å². The summed E-state index contributed by atoms with van der Waals surface area (Å²) < 4.78 is 0. The van der Waals surface area contributed by atoms with Gasteiger partial charge in [0.25, 0.3) is 11.6 Å². The molecule has 1 aliphatic rings. The molecule has 1 saturated carbocycles. The van der Waals surface area contributed by atoms with Crippen LogP contribution < -0.4 is 16.6 Å². The monoisotopic (exact) mass is 264 g/mol. The average Bonchev–Trinajstić information content (AvgIpc) is 2.95. The number of carbonyl (C=O) groups is 1. The van der Waals surface area contributed by atoms with Gasteiger partial charge in [0.15, 0.2) is 0 Å². The topological polar surface area (TPSA) is 110 Å². The van der Waals surface area contributed by atoms with Crippen LogP contribution in [-0.4, -0.2) is 16.9 Å². The Balaban J connectivity index is 2.18. The molecule has 102 valence electrons. The Morgan fingerprint density at radius 3 is 2.63 bits per heavy atom. The van der Waals surface area contributed by atoms with Crippen molar-refractivity contribution in [2.75, 3.05) is 5.43 Å². The molecule has 2 rings (SSSR count). The second-order valence-electron chi connectivity index (χ2n) is 5.35. The number of nitrogens with two attached hydrogens (primary N) is 1. The summed E-state index contributed by atoms with van der Waals surface area (Å²) in [4.78, 5) is 22.3. The highest BCUT2D eigenvalue weighted by Gasteiger charge is 2.46. The molecule has 1 amide bonds. The van der Waals surface area contributed by atoms with Crippen molar-refractivity contribution in [1.29, 1.82) is 0 Å². The number of hydrazine groups is 1. The number of nitrogens with one attached hydrogen (secondary N) is 2. The van der Waals surface area contributed by atoms with Crippen LogP contribution in [0.2, 0.25) is 0 Å². The van der Waals surface area contributed by atoms with Crippen molar-refractivity contribution in [1.82, 2.24) is 5.32 Å². The minimum absolute atomic E-state index is 0.111. The molecule has 7 nitrogen and oxygen atoms in total. The van der Waals surface area contributed by atoms with E-state index >= 15 is 0 Å². The summed E-state index contributed by atoms with van der Waals surface area (Å²) in [5.41, 5.74) is 2.56. The number of nitro benzene ring substituents is 1. The molecule has 1 unspecified atom stereocenters. The first-order valence-electron chi connectivity index (χ1n) is 5.91. The molecule has 0 heterocycles. The van der Waals surface area contributed by atoms with Gasteiger partial charge in [0, 0.05) is 17.7 Å². The average molecular weight is 264 g/mol. The minimum atomic E-state index is -0.576. The van der Waals surface area contributed by atoms with Gasteiger partial charge < -0.3 is 10.7 Å². The summed E-state index contributed by atoms with van der Waals surface area (Å²) in [6.45, 7) is 4.11. The van der Waals surface area contributed by atoms with E-state index in [-0.39, 0.29) is 34.3 Å². The van der Waals surface area contributed by atoms with Crippen molar-refractivity contribution in [3.8, 4) is 0 Å². The Kier molecular flexibility index (Phi) is 3.15. The number of nitrogens with zero attached hydrogens (tertiary/aromatic N) is 1. The molecule has 1 aromatic carbocycles. The summed E-state index contributed by atoms with van der Waals surface area (Å²) in [5, 5.41) is 13.7. The van der Waals surface area contributed by atoms with Crippen molar-refractivity contribution in [3.63, 3.8) is 0 Å². The number of carbonyl (C=O) groups excluding carboxylic acids is 1. The highest BCUT2D eigenvalue weighted by atomic mass is 16.6. The predicted octanol–water partition coefficient (Wildman–Crippen LogP) is 1.41. The maximum absolute atomic E-state index is 12.0. The van der Waals surface area contributed by atoms with Gasteiger partial charge in [-0.25, -0.2) is 0 Å². The lowest BCUT2D eigenvalue weighted by Gasteiger charge is -2.08. The van der Waals surface area contributed by atoms with Gasteiger partial charge in [0.1, 0.15) is 5.69 Å². The molecule has 0 aromatic heterocycles. The molecule has 1 fully saturated rings. The zero-order valence-electron chi connectivity index (χ0n) is 10.8. The standard InChI is InChI=1S/C12H16N4O3/c1-12(2)6-10(12)14-11(17)7-3-4-8(15-13)9(5-7)16(18)19/h3-5,10,15H,6,13H2,1-2H3,(H,14,17). The highest BCUT2D eigenvalue weighted by molar-refractivity contribution is 5.96. The third-order valence-electron chi connectivity index (χ3n) is 3.43. The fourth-order valence-electron chi connectivity index (χ4n) is 1.90. The molecular formula is C12H16N4O3. The van der Waals surface area contributed by atoms with E-state index in [0.29, 0.717) is 0 Å². The predicted molar refractivity (Wildman–Crippen MR) is 70.6 cm³/mol. The van der Waals surface area contributed by atoms with Crippen LogP contribution in [0.5, 0.6) is 0 Å². The van der Waals surface area contributed by atoms with E-state index in [1.165, 1.54) is 18.2 Å². The SMILES string of the molecule is CC1(C)CC1NC(=O)c1ccc(NN)c([N+](=O)[O-])c1. The van der Waals surface area contributed by atoms with Crippen LogP contribution in [0.3, 0.4) is 0 Å². The number of hydrogen-bond donors (Lipinski definition) is 3. The molecule has 1 aliphatic carbocycles. The van der Waals surface area contributed by atoms with Crippen molar-refractivity contribution in [2.24, 2.45) is 11.3 Å². The summed E-state index contributed by atoms with van der Waals surface area (Å²) in [5.74, 6) is 4.88. The van der Waals surface area contributed by atoms with Crippen LogP contribution >= 0.6 is 0 Å². The molecule has 1 aromatic rings. The quantitative estimate of drug-likeness (QED) is 0.432. The number of amides is 1. The fraction of sp³-hybridized carbons (Fsp3) is 0.417. The van der Waals surface area contributed by atoms with Crippen LogP contribution in [-0.2, 0) is 0 Å². The second-order valence-corrected chi connectivity index (χ2v) is 5.35. The summed E-state index contributed by atoms with van der Waals surface area (Å²) in [6, 6.07) is 4.28. The molecule has 0 spiro atoms. The summed E-state index contributed by atoms with van der Waals surface area (Å²) in [6.07, 6.45) is 0.920. The normalized spacial score (nSPS) is 19.6. The number of nitrogen functional groups attached to an aromatic ring is 1. The molecular weight excluding hydrogens is 248 g/mol. The number of hydrogen-bond acceptors (Lipinski definition) is 5. The van der Waals surface area contributed by atoms with E-state index in [4.69, 9.17) is 5.84 Å². The number of anilines is 1. The van der Waals surface area contributed by atoms with E-state index < -0.39 is 4.92 Å². The molecule has 1 atom stereocenters. The Bertz CT molecular complexity index is 542. The molecule has 0 saturated heterocycles. The van der Waals surface area contributed by atoms with Gasteiger partial charge >= 0.3 is 0 Å². The number of benzene rings is 1. The van der Waals surface area contributed by atoms with Crippen LogP contribution in [0, 0.1) is 15.5 Å². The molecule has 0 radical (unpaired) electrons. The van der Waals surface area contributed by atoms with Crippen LogP contribution in [0.25, 0.3) is 0 Å². The van der Waals surface area contributed by atoms with E-state index in [0.717, 1.165) is 6.42 Å². The van der Waals surface area contributed by atoms with Crippen molar-refractivity contribution >= 4 is 17.3 Å². The largest absolute Gasteiger partial charge is 0.349 e. The Hall–Kier alpha value is -2.15. The Labute approximate surface area is 110 Å². The minimum Gasteiger partial charge on any atom is -0.349 e. The molecule has 4 N–H and O–H groups in total. The van der Waals surface area contributed by atoms with Crippen molar-refractivity contribution in [2.45, 2.75) is 26.3 Å². The lowest BCUT2D eigenvalue weighted by atomic mass is 10.1. The Morgan fingerprint density at radius 1 is 1.53 bits per heavy atom. The molecule has 7 heteroatoms. The van der Waals surface area contributed by atoms with Crippen LogP contribution in [0.4, 0.5) is 11.4 Å². The fourth-order valence-corrected chi connectivity index (χ4v) is 1.90. The van der Waals surface area contributed by atoms with Crippen LogP contribution in [0.15, 0.2) is 18.2 Å². The van der Waals surface area contributed by atoms with E-state index in [1.807, 2.05) is 0 Å². The number of nitro groups is 1. The maximum Gasteiger partial charge on any atom is 0.294 e. The van der Waals surface area contributed by atoms with Crippen molar-refractivity contribution in [3.05, 3.63) is 33.9 Å². The Morgan fingerprint density at radius 2 is 2.16 bits per heavy atom. The third kappa shape index (κ3) is 2.65. The first-order chi connectivity index (χ1) is 8.85. The second kappa shape index (κ2) is 4.51. The third-order valence-corrected chi connectivity index (χ3v) is 3.43. The van der Waals surface area contributed by atoms with Crippen molar-refractivity contribution < 1.29 is 9.72 Å². The van der Waals surface area contributed by atoms with Gasteiger partial charge in [-0.1, -0.05) is 13.8 Å². The van der Waals surface area contributed by atoms with Crippen LogP contribution in [0.1, 0.15) is 30.6 Å². The molecule has 0 bridgehead atoms. The maximum atomic E-state index is 12.0. The smallest absolute Gasteiger partial charge is 0.294 e. The summed E-state index contributed by atoms with van der Waals surface area (Å²) >= 11 is 0. The van der Waals surface area contributed by atoms with E-state index in [9.17, 15) is 14.9 Å². The van der Waals surface area contributed by atoms with Gasteiger partial charge in [0.2, 0.25) is 0 Å². The first kappa shape index (κ1) is 13.3. The first-order valence-corrected chi connectivity index (χ1v) is 5.91. The zero-order chi connectivity index (χ0) is 14.2. The van der Waals surface area contributed by atoms with Gasteiger partial charge in [-0.2, -0.15) is 0 Å². The van der Waals surface area contributed by atoms with Gasteiger partial charge in [0.05, 0.1) is 4.92 Å². The molecule has 0 aliphatic heterocycles. The zero-order valence-corrected chi connectivity index (χ0v) is 10.8. The highest BCUT2D eigenvalue weighted by Crippen LogP contribution is 2.44. The van der Waals surface area contributed by atoms with Gasteiger partial charge in [-0.3, -0.25) is 20.8 Å². The van der Waals surface area contributed by atoms with Gasteiger partial charge in [-0.05, 0) is 24.0 Å². The number of rotatable bonds is 4. The van der Waals surface area contributed by atoms with Gasteiger partial charge in [-0.15, -0.1) is 0 Å². The lowest BCUT2D eigenvalue weighted by molar-refractivity contribution is -0.384. The van der Waals surface area contributed by atoms with E-state index in [2.05, 4.69) is 24.6 Å². The lowest BCUT2D eigenvalue weighted by Crippen LogP contribution is -2.28.